The summed E-state index contributed by atoms with van der Waals surface area (Å²) in [7, 11) is 0. The number of imide groups is 1. The fourth-order valence-corrected chi connectivity index (χ4v) is 2.76. The van der Waals surface area contributed by atoms with Gasteiger partial charge in [0.1, 0.15) is 5.75 Å². The van der Waals surface area contributed by atoms with Crippen molar-refractivity contribution in [1.82, 2.24) is 5.32 Å². The van der Waals surface area contributed by atoms with E-state index >= 15 is 0 Å². The number of rotatable bonds is 6. The fourth-order valence-electron chi connectivity index (χ4n) is 2.76. The molecule has 0 bridgehead atoms. The first-order valence-corrected chi connectivity index (χ1v) is 7.69. The number of fused-ring (bicyclic) bond motifs is 1. The lowest BCUT2D eigenvalue weighted by molar-refractivity contribution is -0.145. The number of hydrogen-bond donors (Lipinski definition) is 4. The maximum atomic E-state index is 11.9. The summed E-state index contributed by atoms with van der Waals surface area (Å²) in [5.74, 6) is -6.17. The Labute approximate surface area is 156 Å². The van der Waals surface area contributed by atoms with Crippen molar-refractivity contribution in [2.45, 2.75) is 6.10 Å². The maximum Gasteiger partial charge on any atom is 0.349 e. The number of hydrogen-bond acceptors (Lipinski definition) is 6. The Kier molecular flexibility index (Phi) is 4.53. The predicted molar refractivity (Wildman–Crippen MR) is 89.6 cm³/mol. The minimum Gasteiger partial charge on any atom is -0.478 e. The van der Waals surface area contributed by atoms with Crippen molar-refractivity contribution >= 4 is 29.7 Å². The zero-order valence-electron chi connectivity index (χ0n) is 13.8. The molecule has 142 valence electrons. The lowest BCUT2D eigenvalue weighted by Crippen LogP contribution is -2.22. The number of nitrogens with one attached hydrogen (secondary N) is 1. The average molecular weight is 385 g/mol. The molecule has 1 atom stereocenters. The molecule has 10 nitrogen and oxygen atoms in total. The second kappa shape index (κ2) is 6.83. The highest BCUT2D eigenvalue weighted by molar-refractivity contribution is 6.22. The molecule has 0 radical (unpaired) electrons. The van der Waals surface area contributed by atoms with Gasteiger partial charge in [-0.3, -0.25) is 14.9 Å². The van der Waals surface area contributed by atoms with E-state index in [9.17, 15) is 34.2 Å². The molecule has 0 saturated heterocycles. The molecular weight excluding hydrogens is 374 g/mol. The van der Waals surface area contributed by atoms with Crippen LogP contribution in [0.3, 0.4) is 0 Å². The number of ether oxygens (including phenoxy) is 1. The van der Waals surface area contributed by atoms with Gasteiger partial charge in [-0.1, -0.05) is 12.1 Å². The third kappa shape index (κ3) is 3.14. The van der Waals surface area contributed by atoms with Gasteiger partial charge in [-0.2, -0.15) is 0 Å². The number of aromatic carboxylic acids is 2. The monoisotopic (exact) mass is 385 g/mol. The predicted octanol–water partition coefficient (Wildman–Crippen LogP) is 1.17. The minimum atomic E-state index is -1.75. The van der Waals surface area contributed by atoms with E-state index in [0.29, 0.717) is 0 Å². The molecule has 4 N–H and O–H groups in total. The highest BCUT2D eigenvalue weighted by Crippen LogP contribution is 2.31. The van der Waals surface area contributed by atoms with Crippen LogP contribution >= 0.6 is 0 Å². The van der Waals surface area contributed by atoms with E-state index in [2.05, 4.69) is 5.32 Å². The van der Waals surface area contributed by atoms with Crippen LogP contribution in [0.15, 0.2) is 36.4 Å². The molecule has 0 spiro atoms. The molecule has 0 unspecified atom stereocenters. The van der Waals surface area contributed by atoms with Gasteiger partial charge in [-0.15, -0.1) is 0 Å². The highest BCUT2D eigenvalue weighted by atomic mass is 16.5. The van der Waals surface area contributed by atoms with E-state index in [4.69, 9.17) is 9.84 Å². The van der Waals surface area contributed by atoms with Gasteiger partial charge >= 0.3 is 17.9 Å². The van der Waals surface area contributed by atoms with Crippen LogP contribution in [0, 0.1) is 0 Å². The summed E-state index contributed by atoms with van der Waals surface area (Å²) >= 11 is 0. The van der Waals surface area contributed by atoms with E-state index in [1.165, 1.54) is 18.2 Å². The van der Waals surface area contributed by atoms with Crippen molar-refractivity contribution in [3.63, 3.8) is 0 Å². The standard InChI is InChI=1S/C18H11NO9/c20-14-9-2-1-3-11(12(9)15(21)19-14)28-13(18(26)27)7-4-5-8(16(22)23)10(6-7)17(24)25/h1-6,13H,(H,22,23)(H,24,25)(H,26,27)(H,19,20,21)/t13-/m0/s1. The molecule has 10 heteroatoms. The summed E-state index contributed by atoms with van der Waals surface area (Å²) in [6, 6.07) is 6.97. The smallest absolute Gasteiger partial charge is 0.349 e. The first-order valence-electron chi connectivity index (χ1n) is 7.69. The van der Waals surface area contributed by atoms with Gasteiger partial charge in [-0.05, 0) is 24.3 Å². The Morgan fingerprint density at radius 2 is 1.57 bits per heavy atom. The van der Waals surface area contributed by atoms with Crippen LogP contribution in [0.25, 0.3) is 0 Å². The van der Waals surface area contributed by atoms with Crippen LogP contribution in [0.2, 0.25) is 0 Å². The van der Waals surface area contributed by atoms with E-state index in [0.717, 1.165) is 18.2 Å². The number of carboxylic acid groups (broad SMARTS) is 3. The van der Waals surface area contributed by atoms with Crippen LogP contribution in [0.5, 0.6) is 5.75 Å². The van der Waals surface area contributed by atoms with Crippen molar-refractivity contribution in [3.05, 3.63) is 64.2 Å². The normalized spacial score (nSPS) is 13.4. The summed E-state index contributed by atoms with van der Waals surface area (Å²) in [5, 5.41) is 29.8. The van der Waals surface area contributed by atoms with E-state index in [1.807, 2.05) is 0 Å². The maximum absolute atomic E-state index is 11.9. The van der Waals surface area contributed by atoms with Crippen LogP contribution in [0.1, 0.15) is 53.1 Å². The second-order valence-electron chi connectivity index (χ2n) is 5.71. The number of carbonyl (C=O) groups excluding carboxylic acids is 2. The van der Waals surface area contributed by atoms with Crippen LogP contribution in [0.4, 0.5) is 0 Å². The van der Waals surface area contributed by atoms with Crippen molar-refractivity contribution < 1.29 is 44.0 Å². The summed E-state index contributed by atoms with van der Waals surface area (Å²) < 4.78 is 5.41. The zero-order valence-corrected chi connectivity index (χ0v) is 13.8. The number of benzene rings is 2. The van der Waals surface area contributed by atoms with E-state index < -0.39 is 47.0 Å². The third-order valence-corrected chi connectivity index (χ3v) is 4.00. The van der Waals surface area contributed by atoms with Crippen molar-refractivity contribution in [1.29, 1.82) is 0 Å². The molecule has 0 saturated carbocycles. The van der Waals surface area contributed by atoms with Crippen molar-refractivity contribution in [2.75, 3.05) is 0 Å². The van der Waals surface area contributed by atoms with Crippen LogP contribution < -0.4 is 10.1 Å². The van der Waals surface area contributed by atoms with Gasteiger partial charge < -0.3 is 20.1 Å². The first kappa shape index (κ1) is 18.6. The summed E-state index contributed by atoms with van der Waals surface area (Å²) in [4.78, 5) is 57.8. The quantitative estimate of drug-likeness (QED) is 0.533. The Balaban J connectivity index is 2.06. The molecule has 3 rings (SSSR count). The summed E-state index contributed by atoms with van der Waals surface area (Å²) in [6.45, 7) is 0. The second-order valence-corrected chi connectivity index (χ2v) is 5.71. The van der Waals surface area contributed by atoms with E-state index in [-0.39, 0.29) is 22.4 Å². The molecule has 0 aromatic heterocycles. The van der Waals surface area contributed by atoms with Gasteiger partial charge in [0, 0.05) is 5.56 Å². The SMILES string of the molecule is O=C(O)c1ccc([C@H](Oc2cccc3c2C(=O)NC3=O)C(=O)O)cc1C(=O)O. The highest BCUT2D eigenvalue weighted by Gasteiger charge is 2.33. The van der Waals surface area contributed by atoms with Crippen molar-refractivity contribution in [3.8, 4) is 5.75 Å². The van der Waals surface area contributed by atoms with E-state index in [1.54, 1.807) is 0 Å². The van der Waals surface area contributed by atoms with Gasteiger partial charge in [-0.25, -0.2) is 14.4 Å². The first-order chi connectivity index (χ1) is 13.2. The zero-order chi connectivity index (χ0) is 20.6. The molecule has 28 heavy (non-hydrogen) atoms. The average Bonchev–Trinajstić information content (AvgIpc) is 2.93. The largest absolute Gasteiger partial charge is 0.478 e. The van der Waals surface area contributed by atoms with Crippen LogP contribution in [-0.4, -0.2) is 45.0 Å². The third-order valence-electron chi connectivity index (χ3n) is 4.00. The number of carbonyl (C=O) groups is 5. The molecule has 2 aromatic rings. The Morgan fingerprint density at radius 3 is 2.18 bits per heavy atom. The molecule has 1 aliphatic rings. The van der Waals surface area contributed by atoms with Gasteiger partial charge in [0.2, 0.25) is 6.10 Å². The Hall–Kier alpha value is -4.21. The van der Waals surface area contributed by atoms with Crippen LogP contribution in [-0.2, 0) is 4.79 Å². The number of aliphatic carboxylic acids is 1. The number of carboxylic acids is 3. The van der Waals surface area contributed by atoms with Crippen molar-refractivity contribution in [2.24, 2.45) is 0 Å². The molecule has 1 heterocycles. The van der Waals surface area contributed by atoms with Gasteiger partial charge in [0.15, 0.2) is 0 Å². The molecule has 2 aromatic carbocycles. The molecule has 0 fully saturated rings. The molecular formula is C18H11NO9. The van der Waals surface area contributed by atoms with Gasteiger partial charge in [0.25, 0.3) is 11.8 Å². The molecule has 1 aliphatic heterocycles. The number of amides is 2. The lowest BCUT2D eigenvalue weighted by atomic mass is 10.0. The topological polar surface area (TPSA) is 167 Å². The Bertz CT molecular complexity index is 1060. The lowest BCUT2D eigenvalue weighted by Gasteiger charge is -2.18. The minimum absolute atomic E-state index is 0.0130. The Morgan fingerprint density at radius 1 is 0.893 bits per heavy atom. The summed E-state index contributed by atoms with van der Waals surface area (Å²) in [5.41, 5.74) is -1.42. The van der Waals surface area contributed by atoms with Gasteiger partial charge in [0.05, 0.1) is 22.3 Å². The fraction of sp³-hybridized carbons (Fsp3) is 0.0556. The summed E-state index contributed by atoms with van der Waals surface area (Å²) in [6.07, 6.45) is -1.75. The molecule has 0 aliphatic carbocycles. The molecule has 2 amide bonds.